The van der Waals surface area contributed by atoms with Crippen molar-refractivity contribution in [3.63, 3.8) is 0 Å². The summed E-state index contributed by atoms with van der Waals surface area (Å²) in [6.45, 7) is 0.420. The van der Waals surface area contributed by atoms with Crippen molar-refractivity contribution >= 4 is 34.8 Å². The van der Waals surface area contributed by atoms with E-state index in [4.69, 9.17) is 39.5 Å². The highest BCUT2D eigenvalue weighted by atomic mass is 35.5. The van der Waals surface area contributed by atoms with E-state index in [0.717, 1.165) is 16.9 Å². The van der Waals surface area contributed by atoms with Crippen LogP contribution in [0.5, 0.6) is 5.75 Å². The predicted octanol–water partition coefficient (Wildman–Crippen LogP) is 5.16. The fraction of sp³-hybridized carbons (Fsp3) is 0.125. The van der Waals surface area contributed by atoms with Crippen LogP contribution >= 0.6 is 34.8 Å². The van der Waals surface area contributed by atoms with E-state index in [-0.39, 0.29) is 0 Å². The third kappa shape index (κ3) is 4.35. The molecule has 0 N–H and O–H groups in total. The first-order valence-corrected chi connectivity index (χ1v) is 7.19. The van der Waals surface area contributed by atoms with E-state index in [1.54, 1.807) is 12.1 Å². The quantitative estimate of drug-likeness (QED) is 0.559. The lowest BCUT2D eigenvalue weighted by molar-refractivity contribution is 0.306. The fourth-order valence-corrected chi connectivity index (χ4v) is 1.98. The van der Waals surface area contributed by atoms with Crippen LogP contribution in [0.15, 0.2) is 42.5 Å². The highest BCUT2D eigenvalue weighted by Gasteiger charge is 2.01. The highest BCUT2D eigenvalue weighted by Crippen LogP contribution is 2.23. The van der Waals surface area contributed by atoms with E-state index < -0.39 is 0 Å². The van der Waals surface area contributed by atoms with Crippen LogP contribution in [-0.4, -0.2) is 5.88 Å². The van der Waals surface area contributed by atoms with Crippen LogP contribution in [0, 0.1) is 11.8 Å². The number of hydrogen-bond donors (Lipinski definition) is 0. The standard InChI is InChI=1S/C16H11Cl3O/c17-8-2-4-12-3-1-5-14(9-12)20-11-13-6-7-15(18)16(19)10-13/h1,3,5-7,9-10H,8,11H2. The minimum atomic E-state index is 0.314. The number of ether oxygens (including phenoxy) is 1. The first-order chi connectivity index (χ1) is 9.69. The molecule has 0 unspecified atom stereocenters. The molecule has 0 atom stereocenters. The largest absolute Gasteiger partial charge is 0.489 e. The zero-order valence-electron chi connectivity index (χ0n) is 10.5. The molecule has 0 amide bonds. The zero-order valence-corrected chi connectivity index (χ0v) is 12.8. The van der Waals surface area contributed by atoms with Crippen LogP contribution in [0.2, 0.25) is 10.0 Å². The molecule has 20 heavy (non-hydrogen) atoms. The summed E-state index contributed by atoms with van der Waals surface area (Å²) in [5.41, 5.74) is 1.83. The summed E-state index contributed by atoms with van der Waals surface area (Å²) in [7, 11) is 0. The molecule has 0 spiro atoms. The molecule has 4 heteroatoms. The van der Waals surface area contributed by atoms with Crippen LogP contribution in [0.1, 0.15) is 11.1 Å². The lowest BCUT2D eigenvalue weighted by atomic mass is 10.2. The molecule has 2 aromatic carbocycles. The Balaban J connectivity index is 2.05. The second-order valence-corrected chi connectivity index (χ2v) is 5.08. The Labute approximate surface area is 133 Å². The Morgan fingerprint density at radius 1 is 1.00 bits per heavy atom. The monoisotopic (exact) mass is 324 g/mol. The van der Waals surface area contributed by atoms with Gasteiger partial charge < -0.3 is 4.74 Å². The molecule has 0 saturated carbocycles. The van der Waals surface area contributed by atoms with E-state index in [0.29, 0.717) is 22.5 Å². The maximum Gasteiger partial charge on any atom is 0.121 e. The average Bonchev–Trinajstić information content (AvgIpc) is 2.47. The van der Waals surface area contributed by atoms with Gasteiger partial charge in [-0.3, -0.25) is 0 Å². The van der Waals surface area contributed by atoms with Crippen molar-refractivity contribution < 1.29 is 4.74 Å². The lowest BCUT2D eigenvalue weighted by Crippen LogP contribution is -1.95. The molecule has 102 valence electrons. The highest BCUT2D eigenvalue weighted by molar-refractivity contribution is 6.42. The molecule has 0 saturated heterocycles. The second-order valence-electron chi connectivity index (χ2n) is 4.00. The van der Waals surface area contributed by atoms with Gasteiger partial charge in [-0.1, -0.05) is 47.2 Å². The molecule has 0 bridgehead atoms. The third-order valence-electron chi connectivity index (χ3n) is 2.52. The van der Waals surface area contributed by atoms with Crippen LogP contribution in [0.25, 0.3) is 0 Å². The number of alkyl halides is 1. The fourth-order valence-electron chi connectivity index (χ4n) is 1.60. The summed E-state index contributed by atoms with van der Waals surface area (Å²) in [6, 6.07) is 13.0. The predicted molar refractivity (Wildman–Crippen MR) is 84.8 cm³/mol. The summed E-state index contributed by atoms with van der Waals surface area (Å²) < 4.78 is 5.71. The van der Waals surface area contributed by atoms with Crippen LogP contribution in [-0.2, 0) is 6.61 Å². The van der Waals surface area contributed by atoms with Gasteiger partial charge in [0.2, 0.25) is 0 Å². The van der Waals surface area contributed by atoms with Gasteiger partial charge in [-0.2, -0.15) is 0 Å². The van der Waals surface area contributed by atoms with Gasteiger partial charge in [-0.15, -0.1) is 11.6 Å². The molecule has 2 aromatic rings. The molecule has 0 aliphatic carbocycles. The molecule has 0 fully saturated rings. The molecule has 0 aromatic heterocycles. The van der Waals surface area contributed by atoms with Gasteiger partial charge in [-0.05, 0) is 35.9 Å². The van der Waals surface area contributed by atoms with Gasteiger partial charge in [0, 0.05) is 5.56 Å². The molecule has 0 radical (unpaired) electrons. The lowest BCUT2D eigenvalue weighted by Gasteiger charge is -2.07. The van der Waals surface area contributed by atoms with Gasteiger partial charge >= 0.3 is 0 Å². The van der Waals surface area contributed by atoms with E-state index in [1.807, 2.05) is 30.3 Å². The molecule has 0 aliphatic rings. The van der Waals surface area contributed by atoms with Crippen molar-refractivity contribution in [2.75, 3.05) is 5.88 Å². The zero-order chi connectivity index (χ0) is 14.4. The van der Waals surface area contributed by atoms with E-state index in [2.05, 4.69) is 11.8 Å². The van der Waals surface area contributed by atoms with E-state index in [1.165, 1.54) is 0 Å². The maximum absolute atomic E-state index is 5.96. The van der Waals surface area contributed by atoms with Crippen LogP contribution < -0.4 is 4.74 Å². The minimum absolute atomic E-state index is 0.314. The Hall–Kier alpha value is -1.33. The first-order valence-electron chi connectivity index (χ1n) is 5.90. The van der Waals surface area contributed by atoms with Gasteiger partial charge in [0.15, 0.2) is 0 Å². The molecule has 0 aliphatic heterocycles. The summed E-state index contributed by atoms with van der Waals surface area (Å²) >= 11 is 17.4. The third-order valence-corrected chi connectivity index (χ3v) is 3.40. The summed E-state index contributed by atoms with van der Waals surface area (Å²) in [4.78, 5) is 0. The SMILES string of the molecule is ClCC#Cc1cccc(OCc2ccc(Cl)c(Cl)c2)c1. The van der Waals surface area contributed by atoms with Gasteiger partial charge in [0.05, 0.1) is 15.9 Å². The number of rotatable bonds is 3. The molecule has 0 heterocycles. The van der Waals surface area contributed by atoms with Crippen molar-refractivity contribution in [3.8, 4) is 17.6 Å². The molecular formula is C16H11Cl3O. The van der Waals surface area contributed by atoms with E-state index >= 15 is 0 Å². The number of hydrogen-bond acceptors (Lipinski definition) is 1. The Morgan fingerprint density at radius 2 is 1.85 bits per heavy atom. The Bertz CT molecular complexity index is 656. The van der Waals surface area contributed by atoms with E-state index in [9.17, 15) is 0 Å². The second kappa shape index (κ2) is 7.45. The minimum Gasteiger partial charge on any atom is -0.489 e. The van der Waals surface area contributed by atoms with Crippen molar-refractivity contribution in [1.29, 1.82) is 0 Å². The van der Waals surface area contributed by atoms with Crippen LogP contribution in [0.4, 0.5) is 0 Å². The van der Waals surface area contributed by atoms with Crippen molar-refractivity contribution in [1.82, 2.24) is 0 Å². The molecular weight excluding hydrogens is 315 g/mol. The van der Waals surface area contributed by atoms with Gasteiger partial charge in [0.1, 0.15) is 12.4 Å². The topological polar surface area (TPSA) is 9.23 Å². The normalized spacial score (nSPS) is 9.75. The summed E-state index contributed by atoms with van der Waals surface area (Å²) in [5, 5.41) is 1.06. The van der Waals surface area contributed by atoms with Gasteiger partial charge in [0.25, 0.3) is 0 Å². The first kappa shape index (κ1) is 15.1. The maximum atomic E-state index is 5.96. The number of halogens is 3. The molecule has 1 nitrogen and oxygen atoms in total. The Morgan fingerprint density at radius 3 is 2.60 bits per heavy atom. The van der Waals surface area contributed by atoms with Crippen molar-refractivity contribution in [3.05, 3.63) is 63.6 Å². The average molecular weight is 326 g/mol. The summed E-state index contributed by atoms with van der Waals surface area (Å²) in [5.74, 6) is 6.82. The van der Waals surface area contributed by atoms with Crippen molar-refractivity contribution in [2.24, 2.45) is 0 Å². The molecule has 2 rings (SSSR count). The van der Waals surface area contributed by atoms with Crippen molar-refractivity contribution in [2.45, 2.75) is 6.61 Å². The smallest absolute Gasteiger partial charge is 0.121 e. The summed E-state index contributed by atoms with van der Waals surface area (Å²) in [6.07, 6.45) is 0. The van der Waals surface area contributed by atoms with Gasteiger partial charge in [-0.25, -0.2) is 0 Å². The number of benzene rings is 2. The Kier molecular flexibility index (Phi) is 5.61. The van der Waals surface area contributed by atoms with Crippen LogP contribution in [0.3, 0.4) is 0 Å².